The van der Waals surface area contributed by atoms with Crippen molar-refractivity contribution >= 4 is 142 Å². The van der Waals surface area contributed by atoms with Crippen molar-refractivity contribution < 1.29 is 60.7 Å². The molecule has 4 aliphatic rings. The number of benzene rings is 12. The summed E-state index contributed by atoms with van der Waals surface area (Å²) in [5.41, 5.74) is 4.80. The van der Waals surface area contributed by atoms with E-state index in [1.54, 1.807) is 65.6 Å². The lowest BCUT2D eigenvalue weighted by Gasteiger charge is -2.09. The Morgan fingerprint density at radius 2 is 0.702 bits per heavy atom. The zero-order valence-electron chi connectivity index (χ0n) is 74.2. The van der Waals surface area contributed by atoms with Crippen molar-refractivity contribution in [2.75, 3.05) is 120 Å². The molecule has 0 aromatic heterocycles. The molecule has 4 fully saturated rings. The van der Waals surface area contributed by atoms with Crippen LogP contribution in [0.2, 0.25) is 0 Å². The van der Waals surface area contributed by atoms with Crippen molar-refractivity contribution in [2.45, 2.75) is 132 Å². The summed E-state index contributed by atoms with van der Waals surface area (Å²) in [7, 11) is 2.66. The van der Waals surface area contributed by atoms with E-state index in [4.69, 9.17) is 15.3 Å². The number of ketones is 2. The molecule has 4 saturated heterocycles. The van der Waals surface area contributed by atoms with Crippen molar-refractivity contribution in [3.8, 4) is 46.0 Å². The number of Topliss-reactive ketones (excluding diaryl/α,β-unsaturated/α-hetero) is 2. The van der Waals surface area contributed by atoms with Crippen molar-refractivity contribution in [3.63, 3.8) is 0 Å². The lowest BCUT2D eigenvalue weighted by atomic mass is 10.1. The summed E-state index contributed by atoms with van der Waals surface area (Å²) in [4.78, 5) is 32.5. The first-order chi connectivity index (χ1) is 59.6. The Bertz CT molecular complexity index is 5200. The molecule has 124 heavy (non-hydrogen) atoms. The fourth-order valence-corrected chi connectivity index (χ4v) is 28.9. The molecule has 0 saturated carbocycles. The second-order valence-electron chi connectivity index (χ2n) is 31.4. The number of rotatable bonds is 18. The summed E-state index contributed by atoms with van der Waals surface area (Å²) < 4.78 is 0. The second-order valence-corrected chi connectivity index (χ2v) is 51.2. The normalized spacial score (nSPS) is 14.0. The molecule has 1 atom stereocenters. The van der Waals surface area contributed by atoms with Crippen molar-refractivity contribution in [1.82, 2.24) is 0 Å². The smallest absolute Gasteiger partial charge is 0.211 e. The van der Waals surface area contributed by atoms with Gasteiger partial charge in [-0.15, -0.1) is 0 Å². The summed E-state index contributed by atoms with van der Waals surface area (Å²) in [5.74, 6) is 16.0. The molecule has 12 aromatic carbocycles. The minimum Gasteiger partial charge on any atom is -0.508 e. The van der Waals surface area contributed by atoms with Crippen LogP contribution in [0.15, 0.2) is 271 Å². The van der Waals surface area contributed by atoms with Crippen LogP contribution in [0.4, 0.5) is 0 Å². The molecular formula is C103H131O12S9+9. The molecule has 0 aliphatic carbocycles. The molecule has 4 aliphatic heterocycles. The molecule has 0 amide bonds. The predicted molar refractivity (Wildman–Crippen MR) is 547 cm³/mol. The molecule has 0 bridgehead atoms. The quantitative estimate of drug-likeness (QED) is 0.0285. The third kappa shape index (κ3) is 31.6. The van der Waals surface area contributed by atoms with E-state index in [0.29, 0.717) is 78.0 Å². The summed E-state index contributed by atoms with van der Waals surface area (Å²) in [6, 6.07) is 75.0. The Morgan fingerprint density at radius 3 is 1.15 bits per heavy atom. The van der Waals surface area contributed by atoms with Crippen molar-refractivity contribution in [2.24, 2.45) is 0 Å². The van der Waals surface area contributed by atoms with Crippen LogP contribution >= 0.6 is 0 Å². The van der Waals surface area contributed by atoms with E-state index in [0.717, 1.165) is 48.7 Å². The number of fused-ring (bicyclic) bond motifs is 3. The van der Waals surface area contributed by atoms with Gasteiger partial charge in [0, 0.05) is 138 Å². The van der Waals surface area contributed by atoms with Gasteiger partial charge < -0.3 is 51.1 Å². The molecule has 21 heteroatoms. The molecule has 4 heterocycles. The van der Waals surface area contributed by atoms with Crippen molar-refractivity contribution in [1.29, 1.82) is 0 Å². The van der Waals surface area contributed by atoms with Crippen LogP contribution in [-0.2, 0) is 111 Å². The first-order valence-corrected chi connectivity index (χ1v) is 58.7. The number of unbranched alkanes of at least 4 members (excludes halogenated alkanes) is 1. The van der Waals surface area contributed by atoms with Crippen LogP contribution in [0.1, 0.15) is 114 Å². The highest BCUT2D eigenvalue weighted by molar-refractivity contribution is 7.98. The largest absolute Gasteiger partial charge is 0.508 e. The zero-order valence-corrected chi connectivity index (χ0v) is 81.6. The number of aryl methyl sites for hydroxylation is 2. The number of carbonyl (C=O) groups is 2. The number of hydrogen-bond acceptors (Lipinski definition) is 12. The van der Waals surface area contributed by atoms with E-state index in [9.17, 15) is 45.3 Å². The van der Waals surface area contributed by atoms with Crippen LogP contribution in [0, 0.1) is 13.8 Å². The Kier molecular flexibility index (Phi) is 43.5. The Labute approximate surface area is 764 Å². The zero-order chi connectivity index (χ0) is 89.8. The second kappa shape index (κ2) is 53.1. The van der Waals surface area contributed by atoms with E-state index >= 15 is 0 Å². The molecule has 12 nitrogen and oxygen atoms in total. The van der Waals surface area contributed by atoms with E-state index in [1.807, 2.05) is 129 Å². The molecule has 1 unspecified atom stereocenters. The van der Waals surface area contributed by atoms with E-state index in [2.05, 4.69) is 124 Å². The van der Waals surface area contributed by atoms with Gasteiger partial charge in [0.2, 0.25) is 11.6 Å². The van der Waals surface area contributed by atoms with Gasteiger partial charge in [-0.2, -0.15) is 0 Å². The van der Waals surface area contributed by atoms with Gasteiger partial charge in [-0.3, -0.25) is 9.59 Å². The van der Waals surface area contributed by atoms with Crippen LogP contribution in [0.5, 0.6) is 46.0 Å². The SMILES string of the molecule is CCCC[S+](C)CC(=O)c1ccccc1.C[S+](C)CC(=O)c1ccccc1.C[S+](C)c1ccc(O)c2ccc(O)cc12.C[S+](C)c1ccc(O)c2cccc(O)c12.C[S+](C)c1ccc(O)c2ccccc12.Cc1cc([S+]2CCCC2)cc(C)c1O.OCc1cc([S+]2CCCC2)cc(CO)c1O.Oc1ccc([S+]2CCCC2)cc1.c1ccc([S+]2CCCC2)cc1. The summed E-state index contributed by atoms with van der Waals surface area (Å²) in [6.45, 7) is 5.82. The molecular weight excluding hydrogens is 1720 g/mol. The van der Waals surface area contributed by atoms with Gasteiger partial charge in [0.25, 0.3) is 0 Å². The van der Waals surface area contributed by atoms with Gasteiger partial charge in [-0.05, 0) is 220 Å². The van der Waals surface area contributed by atoms with Gasteiger partial charge in [0.15, 0.2) is 45.8 Å². The van der Waals surface area contributed by atoms with Crippen molar-refractivity contribution in [3.05, 3.63) is 270 Å². The highest BCUT2D eigenvalue weighted by Crippen LogP contribution is 2.39. The van der Waals surface area contributed by atoms with E-state index in [1.165, 1.54) is 146 Å². The summed E-state index contributed by atoms with van der Waals surface area (Å²) in [5, 5.41) is 101. The molecule has 12 aromatic rings. The minimum absolute atomic E-state index is 0.0385. The highest BCUT2D eigenvalue weighted by Gasteiger charge is 2.32. The third-order valence-corrected chi connectivity index (χ3v) is 37.2. The summed E-state index contributed by atoms with van der Waals surface area (Å²) in [6.07, 6.45) is 32.5. The number of aliphatic hydroxyl groups excluding tert-OH is 2. The maximum absolute atomic E-state index is 11.8. The van der Waals surface area contributed by atoms with Gasteiger partial charge in [-0.25, -0.2) is 0 Å². The third-order valence-electron chi connectivity index (χ3n) is 21.0. The molecule has 10 N–H and O–H groups in total. The fourth-order valence-electron chi connectivity index (χ4n) is 14.3. The van der Waals surface area contributed by atoms with Gasteiger partial charge >= 0.3 is 0 Å². The van der Waals surface area contributed by atoms with E-state index in [-0.39, 0.29) is 119 Å². The van der Waals surface area contributed by atoms with Gasteiger partial charge in [0.05, 0.1) is 37.4 Å². The van der Waals surface area contributed by atoms with Gasteiger partial charge in [0.1, 0.15) is 135 Å². The predicted octanol–water partition coefficient (Wildman–Crippen LogP) is 21.0. The number of phenolic OH excluding ortho intramolecular Hbond substituents is 7. The maximum Gasteiger partial charge on any atom is 0.211 e. The lowest BCUT2D eigenvalue weighted by molar-refractivity contribution is 0.101. The fraction of sp³-hybridized carbons (Fsp3) is 0.340. The molecule has 0 radical (unpaired) electrons. The topological polar surface area (TPSA) is 236 Å². The van der Waals surface area contributed by atoms with Gasteiger partial charge in [-0.1, -0.05) is 123 Å². The first-order valence-electron chi connectivity index (χ1n) is 42.1. The lowest BCUT2D eigenvalue weighted by Crippen LogP contribution is -2.18. The van der Waals surface area contributed by atoms with Crippen LogP contribution in [-0.4, -0.2) is 182 Å². The minimum atomic E-state index is -0.177. The molecule has 660 valence electrons. The average Bonchev–Trinajstić information content (AvgIpc) is 0.922. The maximum atomic E-state index is 11.8. The monoisotopic (exact) mass is 1850 g/mol. The van der Waals surface area contributed by atoms with Crippen LogP contribution in [0.3, 0.4) is 0 Å². The molecule has 0 spiro atoms. The Balaban J connectivity index is 0.000000173. The number of carbonyl (C=O) groups excluding carboxylic acids is 2. The number of aliphatic hydroxyl groups is 2. The highest BCUT2D eigenvalue weighted by atomic mass is 32.2. The average molecular weight is 1850 g/mol. The first kappa shape index (κ1) is 102. The molecule has 16 rings (SSSR count). The summed E-state index contributed by atoms with van der Waals surface area (Å²) >= 11 is 0. The Morgan fingerprint density at radius 1 is 0.331 bits per heavy atom. The van der Waals surface area contributed by atoms with Crippen LogP contribution in [0.25, 0.3) is 32.3 Å². The van der Waals surface area contributed by atoms with E-state index < -0.39 is 0 Å². The number of aromatic hydroxyl groups is 8. The number of hydrogen-bond donors (Lipinski definition) is 10. The number of phenols is 8. The standard InChI is InChI=1S/C13H19OS.C12H16O3S.2C12H12O2S.C12H16OS.C12H12OS.C10H12OS.C10H13OS.C10H13S/c1-3-4-10-15(2)11-13(14)12-8-6-5-7-9-12;13-7-9-5-11(16-3-1-2-4-16)6-10(8-14)12(9)15;1-15(2)12-6-5-11(14)9-4-3-8(13)7-10(9)12;1-15(2)11-7-6-9(13)8-4-3-5-10(14)12(8)11;1-9-7-11(8-10(2)12(9)13)14-5-3-4-6-14;1-14(2)12-8-7-11(13)9-5-3-4-6-10(9)12;11-9-3-5-10(6-4-9)12-7-1-2-8-12;1-12(2)8-10(11)9-6-4-3-5-7-9;1-2-6-10(7-3-1)11-8-4-5-9-11/h5-9H,3-4,10-11H2,1-2H3;5-6,13-14H,1-4,7-8H2;2*3-7H,1-2H3,(H-,13,14);7-8H,3-6H2,1-2H3;3-8H,1-2H3;3-6H,1-2,7-8H2;3-7H,8H2,1-2H3;1-3,6-7H,4-5,8-9H2/q+1;;;;;;;2*+1/p+6. The Hall–Kier alpha value is -7.77. The van der Waals surface area contributed by atoms with Crippen LogP contribution < -0.4 is 0 Å².